The fourth-order valence-electron chi connectivity index (χ4n) is 2.00. The Morgan fingerprint density at radius 1 is 1.36 bits per heavy atom. The number of nitrogens with one attached hydrogen (secondary N) is 2. The first-order valence-corrected chi connectivity index (χ1v) is 8.64. The molecule has 22 heavy (non-hydrogen) atoms. The van der Waals surface area contributed by atoms with E-state index >= 15 is 0 Å². The largest absolute Gasteiger partial charge is 0.491 e. The van der Waals surface area contributed by atoms with Crippen molar-refractivity contribution in [2.45, 2.75) is 17.7 Å². The highest BCUT2D eigenvalue weighted by atomic mass is 32.2. The number of aromatic nitrogens is 2. The average Bonchev–Trinajstić information content (AvgIpc) is 3.06. The van der Waals surface area contributed by atoms with E-state index in [1.807, 2.05) is 6.07 Å². The number of hydrogen-bond acceptors (Lipinski definition) is 7. The lowest BCUT2D eigenvalue weighted by molar-refractivity contribution is -0.114. The van der Waals surface area contributed by atoms with E-state index in [0.717, 1.165) is 23.3 Å². The molecule has 0 bridgehead atoms. The van der Waals surface area contributed by atoms with Crippen molar-refractivity contribution in [3.8, 4) is 5.75 Å². The first-order chi connectivity index (χ1) is 10.5. The van der Waals surface area contributed by atoms with Gasteiger partial charge in [0.05, 0.1) is 12.3 Å². The highest BCUT2D eigenvalue weighted by Gasteiger charge is 2.24. The maximum Gasteiger partial charge on any atom is 0.291 e. The molecule has 1 aliphatic rings. The fourth-order valence-corrected chi connectivity index (χ4v) is 4.01. The van der Waals surface area contributed by atoms with Crippen molar-refractivity contribution in [2.24, 2.45) is 0 Å². The number of hydrogen-bond donors (Lipinski definition) is 2. The summed E-state index contributed by atoms with van der Waals surface area (Å²) in [5.41, 5.74) is 1.32. The van der Waals surface area contributed by atoms with Gasteiger partial charge < -0.3 is 10.1 Å². The summed E-state index contributed by atoms with van der Waals surface area (Å²) < 4.78 is 32.3. The van der Waals surface area contributed by atoms with Gasteiger partial charge in [-0.05, 0) is 11.6 Å². The minimum atomic E-state index is -3.89. The molecule has 0 saturated carbocycles. The molecule has 0 fully saturated rings. The molecular formula is C12H12N4O4S2. The van der Waals surface area contributed by atoms with Gasteiger partial charge >= 0.3 is 0 Å². The molecule has 0 unspecified atom stereocenters. The number of carbonyl (C=O) groups is 1. The molecule has 116 valence electrons. The van der Waals surface area contributed by atoms with Gasteiger partial charge in [0.25, 0.3) is 14.4 Å². The van der Waals surface area contributed by atoms with Crippen molar-refractivity contribution < 1.29 is 17.9 Å². The molecular weight excluding hydrogens is 328 g/mol. The standard InChI is InChI=1S/C12H12N4O4S2/c1-7(17)13-11-14-15-12(21-11)22(18,19)16-9-4-2-3-8-5-6-20-10(8)9/h2-4,16H,5-6H2,1H3,(H,13,14,17). The van der Waals surface area contributed by atoms with Crippen molar-refractivity contribution >= 4 is 38.1 Å². The number of rotatable bonds is 4. The minimum absolute atomic E-state index is 0.127. The van der Waals surface area contributed by atoms with E-state index in [0.29, 0.717) is 18.0 Å². The summed E-state index contributed by atoms with van der Waals surface area (Å²) >= 11 is 0.775. The van der Waals surface area contributed by atoms with E-state index in [1.165, 1.54) is 6.92 Å². The van der Waals surface area contributed by atoms with Crippen LogP contribution in [-0.2, 0) is 21.2 Å². The van der Waals surface area contributed by atoms with Crippen LogP contribution < -0.4 is 14.8 Å². The van der Waals surface area contributed by atoms with Crippen LogP contribution in [0.1, 0.15) is 12.5 Å². The van der Waals surface area contributed by atoms with E-state index in [1.54, 1.807) is 12.1 Å². The van der Waals surface area contributed by atoms with E-state index in [2.05, 4.69) is 20.2 Å². The normalized spacial score (nSPS) is 13.3. The van der Waals surface area contributed by atoms with Crippen molar-refractivity contribution in [1.29, 1.82) is 0 Å². The van der Waals surface area contributed by atoms with Crippen molar-refractivity contribution in [2.75, 3.05) is 16.6 Å². The number of para-hydroxylation sites is 1. The van der Waals surface area contributed by atoms with Crippen LogP contribution in [-0.4, -0.2) is 31.1 Å². The summed E-state index contributed by atoms with van der Waals surface area (Å²) in [5.74, 6) is 0.194. The molecule has 8 nitrogen and oxygen atoms in total. The zero-order chi connectivity index (χ0) is 15.7. The Balaban J connectivity index is 1.86. The zero-order valence-electron chi connectivity index (χ0n) is 11.5. The van der Waals surface area contributed by atoms with Crippen LogP contribution in [0.5, 0.6) is 5.75 Å². The Morgan fingerprint density at radius 3 is 2.95 bits per heavy atom. The highest BCUT2D eigenvalue weighted by Crippen LogP contribution is 2.35. The molecule has 1 aliphatic heterocycles. The topological polar surface area (TPSA) is 110 Å². The maximum absolute atomic E-state index is 12.3. The average molecular weight is 340 g/mol. The molecule has 2 heterocycles. The lowest BCUT2D eigenvalue weighted by Crippen LogP contribution is -2.13. The van der Waals surface area contributed by atoms with Crippen molar-refractivity contribution in [1.82, 2.24) is 10.2 Å². The maximum atomic E-state index is 12.3. The number of benzene rings is 1. The van der Waals surface area contributed by atoms with Crippen LogP contribution >= 0.6 is 11.3 Å². The molecule has 1 amide bonds. The number of carbonyl (C=O) groups excluding carboxylic acids is 1. The molecule has 1 aromatic carbocycles. The van der Waals surface area contributed by atoms with Gasteiger partial charge in [-0.1, -0.05) is 23.5 Å². The van der Waals surface area contributed by atoms with E-state index < -0.39 is 10.0 Å². The van der Waals surface area contributed by atoms with Crippen LogP contribution in [0.3, 0.4) is 0 Å². The van der Waals surface area contributed by atoms with Gasteiger partial charge in [-0.25, -0.2) is 0 Å². The predicted octanol–water partition coefficient (Wildman–Crippen LogP) is 1.23. The second-order valence-electron chi connectivity index (χ2n) is 4.55. The van der Waals surface area contributed by atoms with Gasteiger partial charge in [-0.2, -0.15) is 8.42 Å². The Bertz CT molecular complexity index is 831. The summed E-state index contributed by atoms with van der Waals surface area (Å²) in [6.45, 7) is 1.83. The minimum Gasteiger partial charge on any atom is -0.491 e. The first-order valence-electron chi connectivity index (χ1n) is 6.34. The van der Waals surface area contributed by atoms with Crippen LogP contribution in [0, 0.1) is 0 Å². The highest BCUT2D eigenvalue weighted by molar-refractivity contribution is 7.94. The van der Waals surface area contributed by atoms with Gasteiger partial charge in [-0.15, -0.1) is 10.2 Å². The lowest BCUT2D eigenvalue weighted by Gasteiger charge is -2.09. The molecule has 1 aromatic heterocycles. The number of fused-ring (bicyclic) bond motifs is 1. The Hall–Kier alpha value is -2.20. The summed E-state index contributed by atoms with van der Waals surface area (Å²) in [5, 5.41) is 9.74. The summed E-state index contributed by atoms with van der Waals surface area (Å²) in [4.78, 5) is 10.9. The monoisotopic (exact) mass is 340 g/mol. The predicted molar refractivity (Wildman–Crippen MR) is 80.7 cm³/mol. The van der Waals surface area contributed by atoms with Gasteiger partial charge in [0.15, 0.2) is 0 Å². The van der Waals surface area contributed by atoms with E-state index in [9.17, 15) is 13.2 Å². The number of amides is 1. The smallest absolute Gasteiger partial charge is 0.291 e. The van der Waals surface area contributed by atoms with Crippen LogP contribution in [0.15, 0.2) is 22.5 Å². The summed E-state index contributed by atoms with van der Waals surface area (Å²) in [6, 6.07) is 5.27. The summed E-state index contributed by atoms with van der Waals surface area (Å²) in [7, 11) is -3.89. The molecule has 0 radical (unpaired) electrons. The Morgan fingerprint density at radius 2 is 2.18 bits per heavy atom. The van der Waals surface area contributed by atoms with Gasteiger partial charge in [0, 0.05) is 13.3 Å². The second-order valence-corrected chi connectivity index (χ2v) is 7.39. The SMILES string of the molecule is CC(=O)Nc1nnc(S(=O)(=O)Nc2cccc3c2OCC3)s1. The molecule has 10 heteroatoms. The van der Waals surface area contributed by atoms with Crippen LogP contribution in [0.4, 0.5) is 10.8 Å². The van der Waals surface area contributed by atoms with Gasteiger partial charge in [-0.3, -0.25) is 9.52 Å². The molecule has 0 aliphatic carbocycles. The van der Waals surface area contributed by atoms with Crippen molar-refractivity contribution in [3.63, 3.8) is 0 Å². The number of ether oxygens (including phenoxy) is 1. The molecule has 2 aromatic rings. The lowest BCUT2D eigenvalue weighted by atomic mass is 10.1. The zero-order valence-corrected chi connectivity index (χ0v) is 13.1. The number of nitrogens with zero attached hydrogens (tertiary/aromatic N) is 2. The van der Waals surface area contributed by atoms with Crippen LogP contribution in [0.2, 0.25) is 0 Å². The van der Waals surface area contributed by atoms with Crippen molar-refractivity contribution in [3.05, 3.63) is 23.8 Å². The number of sulfonamides is 1. The third kappa shape index (κ3) is 2.88. The molecule has 2 N–H and O–H groups in total. The van der Waals surface area contributed by atoms with Gasteiger partial charge in [0.1, 0.15) is 5.75 Å². The summed E-state index contributed by atoms with van der Waals surface area (Å²) in [6.07, 6.45) is 0.746. The number of anilines is 2. The fraction of sp³-hybridized carbons (Fsp3) is 0.250. The van der Waals surface area contributed by atoms with Crippen LogP contribution in [0.25, 0.3) is 0 Å². The van der Waals surface area contributed by atoms with E-state index in [-0.39, 0.29) is 15.4 Å². The first kappa shape index (κ1) is 14.7. The quantitative estimate of drug-likeness (QED) is 0.810. The molecule has 3 rings (SSSR count). The second kappa shape index (κ2) is 5.54. The Kier molecular flexibility index (Phi) is 3.71. The van der Waals surface area contributed by atoms with Gasteiger partial charge in [0.2, 0.25) is 11.0 Å². The third-order valence-corrected chi connectivity index (χ3v) is 5.45. The Labute approximate surface area is 130 Å². The molecule has 0 atom stereocenters. The third-order valence-electron chi connectivity index (χ3n) is 2.88. The van der Waals surface area contributed by atoms with E-state index in [4.69, 9.17) is 4.74 Å². The molecule has 0 spiro atoms. The molecule has 0 saturated heterocycles.